The van der Waals surface area contributed by atoms with E-state index in [0.717, 1.165) is 23.6 Å². The molecule has 84 valence electrons. The maximum Gasteiger partial charge on any atom is 0.231 e. The molecule has 1 aromatic carbocycles. The summed E-state index contributed by atoms with van der Waals surface area (Å²) in [5.74, 6) is 1.59. The second-order valence-electron chi connectivity index (χ2n) is 3.64. The summed E-state index contributed by atoms with van der Waals surface area (Å²) in [5, 5.41) is 3.79. The van der Waals surface area contributed by atoms with Crippen LogP contribution in [-0.4, -0.2) is 18.5 Å². The van der Waals surface area contributed by atoms with Gasteiger partial charge in [0.15, 0.2) is 16.6 Å². The molecule has 1 saturated heterocycles. The number of hydrogen-bond donors (Lipinski definition) is 3. The molecule has 0 saturated carbocycles. The Morgan fingerprint density at radius 1 is 1.25 bits per heavy atom. The monoisotopic (exact) mass is 237 g/mol. The molecule has 2 aliphatic rings. The Morgan fingerprint density at radius 3 is 3.00 bits per heavy atom. The number of fused-ring (bicyclic) bond motifs is 1. The van der Waals surface area contributed by atoms with Crippen LogP contribution in [0.5, 0.6) is 11.5 Å². The molecule has 2 heterocycles. The van der Waals surface area contributed by atoms with E-state index in [9.17, 15) is 0 Å². The Bertz CT molecular complexity index is 438. The van der Waals surface area contributed by atoms with Gasteiger partial charge in [-0.2, -0.15) is 0 Å². The number of nitrogens with one attached hydrogen (secondary N) is 3. The third-order valence-corrected chi connectivity index (χ3v) is 2.83. The standard InChI is InChI=1S/C10H11N3O2S/c16-10-12-7(4-11-13-10)6-1-2-8-9(3-6)15-5-14-8/h1-3,7,11H,4-5H2,(H2,12,13,16). The van der Waals surface area contributed by atoms with Gasteiger partial charge in [0.2, 0.25) is 6.79 Å². The quantitative estimate of drug-likeness (QED) is 0.616. The van der Waals surface area contributed by atoms with Crippen molar-refractivity contribution in [2.45, 2.75) is 6.04 Å². The molecule has 16 heavy (non-hydrogen) atoms. The lowest BCUT2D eigenvalue weighted by atomic mass is 10.1. The van der Waals surface area contributed by atoms with E-state index in [1.165, 1.54) is 0 Å². The Morgan fingerprint density at radius 2 is 2.12 bits per heavy atom. The van der Waals surface area contributed by atoms with Crippen LogP contribution in [0.1, 0.15) is 11.6 Å². The van der Waals surface area contributed by atoms with Gasteiger partial charge in [-0.25, -0.2) is 5.43 Å². The van der Waals surface area contributed by atoms with Gasteiger partial charge in [-0.1, -0.05) is 6.07 Å². The fourth-order valence-electron chi connectivity index (χ4n) is 1.81. The van der Waals surface area contributed by atoms with E-state index < -0.39 is 0 Å². The molecule has 5 nitrogen and oxygen atoms in total. The Labute approximate surface area is 98.1 Å². The van der Waals surface area contributed by atoms with Crippen LogP contribution in [0.4, 0.5) is 0 Å². The zero-order chi connectivity index (χ0) is 11.0. The molecule has 0 bridgehead atoms. The second kappa shape index (κ2) is 3.80. The third-order valence-electron chi connectivity index (χ3n) is 2.61. The first-order valence-electron chi connectivity index (χ1n) is 5.02. The van der Waals surface area contributed by atoms with Crippen molar-refractivity contribution in [2.75, 3.05) is 13.3 Å². The van der Waals surface area contributed by atoms with Gasteiger partial charge in [0.1, 0.15) is 0 Å². The molecule has 3 rings (SSSR count). The van der Waals surface area contributed by atoms with Crippen LogP contribution in [0, 0.1) is 0 Å². The number of hydrogen-bond acceptors (Lipinski definition) is 4. The van der Waals surface area contributed by atoms with Gasteiger partial charge < -0.3 is 14.8 Å². The predicted octanol–water partition coefficient (Wildman–Crippen LogP) is 0.439. The Hall–Kier alpha value is -1.53. The van der Waals surface area contributed by atoms with Crippen LogP contribution in [-0.2, 0) is 0 Å². The van der Waals surface area contributed by atoms with E-state index >= 15 is 0 Å². The summed E-state index contributed by atoms with van der Waals surface area (Å²) in [5.41, 5.74) is 7.00. The Kier molecular flexibility index (Phi) is 2.30. The normalized spacial score (nSPS) is 22.5. The highest BCUT2D eigenvalue weighted by molar-refractivity contribution is 7.80. The molecule has 2 aliphatic heterocycles. The average molecular weight is 237 g/mol. The number of benzene rings is 1. The van der Waals surface area contributed by atoms with E-state index in [1.54, 1.807) is 0 Å². The topological polar surface area (TPSA) is 54.5 Å². The zero-order valence-corrected chi connectivity index (χ0v) is 9.26. The molecular formula is C10H11N3O2S. The minimum atomic E-state index is 0.156. The van der Waals surface area contributed by atoms with E-state index in [4.69, 9.17) is 21.7 Å². The number of ether oxygens (including phenoxy) is 2. The fourth-order valence-corrected chi connectivity index (χ4v) is 2.02. The number of rotatable bonds is 1. The summed E-state index contributed by atoms with van der Waals surface area (Å²) in [4.78, 5) is 0. The molecule has 3 N–H and O–H groups in total. The van der Waals surface area contributed by atoms with E-state index in [0.29, 0.717) is 11.9 Å². The summed E-state index contributed by atoms with van der Waals surface area (Å²) in [6.45, 7) is 1.06. The molecule has 1 fully saturated rings. The molecule has 0 aromatic heterocycles. The van der Waals surface area contributed by atoms with E-state index in [-0.39, 0.29) is 6.04 Å². The smallest absolute Gasteiger partial charge is 0.231 e. The van der Waals surface area contributed by atoms with Crippen molar-refractivity contribution in [3.05, 3.63) is 23.8 Å². The highest BCUT2D eigenvalue weighted by atomic mass is 32.1. The van der Waals surface area contributed by atoms with Crippen molar-refractivity contribution in [3.8, 4) is 11.5 Å². The molecule has 6 heteroatoms. The van der Waals surface area contributed by atoms with Gasteiger partial charge in [0.25, 0.3) is 0 Å². The van der Waals surface area contributed by atoms with Crippen molar-refractivity contribution < 1.29 is 9.47 Å². The first kappa shape index (κ1) is 9.68. The first-order chi connectivity index (χ1) is 7.83. The largest absolute Gasteiger partial charge is 0.454 e. The van der Waals surface area contributed by atoms with Gasteiger partial charge in [-0.15, -0.1) is 0 Å². The van der Waals surface area contributed by atoms with Crippen molar-refractivity contribution in [2.24, 2.45) is 0 Å². The maximum absolute atomic E-state index is 5.34. The summed E-state index contributed by atoms with van der Waals surface area (Å²) in [7, 11) is 0. The van der Waals surface area contributed by atoms with Crippen LogP contribution in [0.2, 0.25) is 0 Å². The summed E-state index contributed by atoms with van der Waals surface area (Å²) >= 11 is 5.04. The van der Waals surface area contributed by atoms with Gasteiger partial charge >= 0.3 is 0 Å². The van der Waals surface area contributed by atoms with Gasteiger partial charge in [-0.05, 0) is 29.9 Å². The lowest BCUT2D eigenvalue weighted by Gasteiger charge is -2.27. The molecule has 1 atom stereocenters. The SMILES string of the molecule is S=C1NNCC(c2ccc3c(c2)OCO3)N1. The second-order valence-corrected chi connectivity index (χ2v) is 4.05. The highest BCUT2D eigenvalue weighted by Gasteiger charge is 2.20. The number of thiocarbonyl (C=S) groups is 1. The van der Waals surface area contributed by atoms with E-state index in [1.807, 2.05) is 18.2 Å². The number of hydrazine groups is 1. The third kappa shape index (κ3) is 1.66. The van der Waals surface area contributed by atoms with Gasteiger partial charge in [-0.3, -0.25) is 5.43 Å². The van der Waals surface area contributed by atoms with Gasteiger partial charge in [0.05, 0.1) is 6.04 Å². The van der Waals surface area contributed by atoms with Crippen molar-refractivity contribution in [1.29, 1.82) is 0 Å². The molecule has 0 radical (unpaired) electrons. The fraction of sp³-hybridized carbons (Fsp3) is 0.300. The van der Waals surface area contributed by atoms with Crippen LogP contribution in [0.3, 0.4) is 0 Å². The summed E-state index contributed by atoms with van der Waals surface area (Å²) in [6.07, 6.45) is 0. The van der Waals surface area contributed by atoms with Crippen LogP contribution < -0.4 is 25.6 Å². The average Bonchev–Trinajstić information content (AvgIpc) is 2.75. The van der Waals surface area contributed by atoms with Crippen molar-refractivity contribution >= 4 is 17.3 Å². The minimum Gasteiger partial charge on any atom is -0.454 e. The van der Waals surface area contributed by atoms with Crippen molar-refractivity contribution in [1.82, 2.24) is 16.2 Å². The molecule has 1 unspecified atom stereocenters. The molecule has 1 aromatic rings. The summed E-state index contributed by atoms with van der Waals surface area (Å²) in [6, 6.07) is 6.07. The molecular weight excluding hydrogens is 226 g/mol. The zero-order valence-electron chi connectivity index (χ0n) is 8.45. The Balaban J connectivity index is 1.86. The van der Waals surface area contributed by atoms with E-state index in [2.05, 4.69) is 16.2 Å². The minimum absolute atomic E-state index is 0.156. The molecule has 0 amide bonds. The van der Waals surface area contributed by atoms with Crippen LogP contribution in [0.25, 0.3) is 0 Å². The molecule has 0 spiro atoms. The van der Waals surface area contributed by atoms with Crippen LogP contribution in [0.15, 0.2) is 18.2 Å². The lowest BCUT2D eigenvalue weighted by Crippen LogP contribution is -2.54. The highest BCUT2D eigenvalue weighted by Crippen LogP contribution is 2.34. The van der Waals surface area contributed by atoms with Crippen molar-refractivity contribution in [3.63, 3.8) is 0 Å². The first-order valence-corrected chi connectivity index (χ1v) is 5.43. The van der Waals surface area contributed by atoms with Crippen LogP contribution >= 0.6 is 12.2 Å². The lowest BCUT2D eigenvalue weighted by molar-refractivity contribution is 0.174. The molecule has 0 aliphatic carbocycles. The predicted molar refractivity (Wildman–Crippen MR) is 62.2 cm³/mol. The van der Waals surface area contributed by atoms with Gasteiger partial charge in [0, 0.05) is 6.54 Å². The maximum atomic E-state index is 5.34. The summed E-state index contributed by atoms with van der Waals surface area (Å²) < 4.78 is 10.6.